The van der Waals surface area contributed by atoms with E-state index in [9.17, 15) is 4.39 Å². The minimum Gasteiger partial charge on any atom is -0.360 e. The van der Waals surface area contributed by atoms with Crippen LogP contribution >= 0.6 is 0 Å². The van der Waals surface area contributed by atoms with Crippen LogP contribution < -0.4 is 0 Å². The fourth-order valence-corrected chi connectivity index (χ4v) is 2.41. The van der Waals surface area contributed by atoms with Crippen LogP contribution in [0.1, 0.15) is 13.8 Å². The van der Waals surface area contributed by atoms with Crippen molar-refractivity contribution in [1.29, 1.82) is 0 Å². The van der Waals surface area contributed by atoms with Crippen molar-refractivity contribution in [2.45, 2.75) is 19.4 Å². The summed E-state index contributed by atoms with van der Waals surface area (Å²) in [4.78, 5) is 4.09. The van der Waals surface area contributed by atoms with Gasteiger partial charge in [0.25, 0.3) is 0 Å². The zero-order valence-electron chi connectivity index (χ0n) is 8.16. The number of fused-ring (bicyclic) bond motifs is 1. The quantitative estimate of drug-likeness (QED) is 0.690. The van der Waals surface area contributed by atoms with Crippen molar-refractivity contribution in [3.05, 3.63) is 30.3 Å². The zero-order chi connectivity index (χ0) is 10.1. The van der Waals surface area contributed by atoms with Gasteiger partial charge in [0.1, 0.15) is 11.5 Å². The number of aromatic nitrogens is 2. The summed E-state index contributed by atoms with van der Waals surface area (Å²) in [7, 11) is 0.668. The Balaban J connectivity index is 2.47. The Kier molecular flexibility index (Phi) is 2.37. The smallest absolute Gasteiger partial charge is 0.191 e. The molecule has 2 heterocycles. The van der Waals surface area contributed by atoms with E-state index in [1.807, 2.05) is 12.3 Å². The number of hydrogen-bond donors (Lipinski definition) is 0. The van der Waals surface area contributed by atoms with Crippen LogP contribution in [-0.2, 0) is 0 Å². The summed E-state index contributed by atoms with van der Waals surface area (Å²) in [6.45, 7) is 4.32. The molecule has 0 aromatic carbocycles. The molecular weight excluding hydrogens is 195 g/mol. The van der Waals surface area contributed by atoms with Crippen molar-refractivity contribution in [3.8, 4) is 0 Å². The molecule has 2 aromatic rings. The van der Waals surface area contributed by atoms with Crippen LogP contribution in [0.25, 0.3) is 11.0 Å². The van der Waals surface area contributed by atoms with Gasteiger partial charge in [-0.1, -0.05) is 13.8 Å². The maximum Gasteiger partial charge on any atom is 0.191 e. The molecule has 0 N–H and O–H groups in total. The lowest BCUT2D eigenvalue weighted by Gasteiger charge is -2.04. The third-order valence-corrected chi connectivity index (χ3v) is 3.05. The maximum atomic E-state index is 12.8. The summed E-state index contributed by atoms with van der Waals surface area (Å²) < 4.78 is 14.9. The van der Waals surface area contributed by atoms with E-state index in [2.05, 4.69) is 23.1 Å². The van der Waals surface area contributed by atoms with Crippen LogP contribution in [0.3, 0.4) is 0 Å². The normalized spacial score (nSPS) is 11.4. The lowest BCUT2D eigenvalue weighted by molar-refractivity contribution is 0.624. The Morgan fingerprint density at radius 3 is 3.00 bits per heavy atom. The van der Waals surface area contributed by atoms with Crippen molar-refractivity contribution in [1.82, 2.24) is 9.22 Å². The van der Waals surface area contributed by atoms with Crippen molar-refractivity contribution in [2.24, 2.45) is 0 Å². The molecule has 14 heavy (non-hydrogen) atoms. The Labute approximate surface area is 84.7 Å². The Hall–Kier alpha value is -1.16. The van der Waals surface area contributed by atoms with Gasteiger partial charge in [-0.05, 0) is 23.9 Å². The molecule has 2 aromatic heterocycles. The molecule has 0 aliphatic heterocycles. The van der Waals surface area contributed by atoms with Crippen LogP contribution in [0.5, 0.6) is 0 Å². The van der Waals surface area contributed by atoms with Crippen LogP contribution in [0, 0.1) is 5.82 Å². The van der Waals surface area contributed by atoms with Crippen LogP contribution in [0.4, 0.5) is 4.39 Å². The molecule has 0 atom stereocenters. The van der Waals surface area contributed by atoms with E-state index in [1.54, 1.807) is 0 Å². The van der Waals surface area contributed by atoms with Gasteiger partial charge in [0.05, 0.1) is 6.20 Å². The summed E-state index contributed by atoms with van der Waals surface area (Å²) in [6, 6.07) is 3.42. The molecule has 0 saturated heterocycles. The number of pyridine rings is 1. The minimum absolute atomic E-state index is 0.275. The van der Waals surface area contributed by atoms with Gasteiger partial charge in [-0.3, -0.25) is 0 Å². The molecule has 0 unspecified atom stereocenters. The average molecular weight is 206 g/mol. The number of hydrogen-bond acceptors (Lipinski definition) is 1. The second-order valence-electron chi connectivity index (χ2n) is 3.54. The van der Waals surface area contributed by atoms with Gasteiger partial charge in [0.2, 0.25) is 0 Å². The predicted octanol–water partition coefficient (Wildman–Crippen LogP) is 2.47. The summed E-state index contributed by atoms with van der Waals surface area (Å²) in [5, 5.41) is 0.873. The van der Waals surface area contributed by atoms with Crippen molar-refractivity contribution < 1.29 is 4.39 Å². The van der Waals surface area contributed by atoms with Crippen molar-refractivity contribution in [2.75, 3.05) is 0 Å². The van der Waals surface area contributed by atoms with Crippen LogP contribution in [-0.4, -0.2) is 18.9 Å². The largest absolute Gasteiger partial charge is 0.360 e. The molecule has 0 fully saturated rings. The Bertz CT molecular complexity index is 450. The maximum absolute atomic E-state index is 12.8. The molecule has 0 amide bonds. The summed E-state index contributed by atoms with van der Waals surface area (Å²) >= 11 is 0. The number of halogens is 1. The summed E-state index contributed by atoms with van der Waals surface area (Å²) in [5.41, 5.74) is 1.47. The third kappa shape index (κ3) is 1.70. The topological polar surface area (TPSA) is 17.8 Å². The second kappa shape index (κ2) is 3.53. The van der Waals surface area contributed by atoms with Gasteiger partial charge in [-0.2, -0.15) is 0 Å². The van der Waals surface area contributed by atoms with Gasteiger partial charge in [-0.25, -0.2) is 9.37 Å². The molecule has 0 bridgehead atoms. The first-order valence-electron chi connectivity index (χ1n) is 4.56. The van der Waals surface area contributed by atoms with Gasteiger partial charge in [0.15, 0.2) is 9.68 Å². The lowest BCUT2D eigenvalue weighted by atomic mass is 10.3. The molecule has 2 rings (SSSR count). The average Bonchev–Trinajstić information content (AvgIpc) is 2.47. The minimum atomic E-state index is -0.275. The highest BCUT2D eigenvalue weighted by molar-refractivity contribution is 6.37. The molecule has 0 saturated carbocycles. The highest BCUT2D eigenvalue weighted by atomic mass is 28.2. The monoisotopic (exact) mass is 206 g/mol. The highest BCUT2D eigenvalue weighted by Gasteiger charge is 2.05. The third-order valence-electron chi connectivity index (χ3n) is 1.89. The number of nitrogens with zero attached hydrogens (tertiary/aromatic N) is 2. The van der Waals surface area contributed by atoms with Gasteiger partial charge >= 0.3 is 0 Å². The van der Waals surface area contributed by atoms with Gasteiger partial charge in [-0.15, -0.1) is 0 Å². The summed E-state index contributed by atoms with van der Waals surface area (Å²) in [5.74, 6) is -0.275. The molecule has 0 spiro atoms. The van der Waals surface area contributed by atoms with Crippen LogP contribution in [0.15, 0.2) is 24.5 Å². The molecule has 0 aliphatic carbocycles. The molecular formula is C10H11FN2Si. The molecule has 2 radical (unpaired) electrons. The van der Waals surface area contributed by atoms with E-state index in [4.69, 9.17) is 0 Å². The lowest BCUT2D eigenvalue weighted by Crippen LogP contribution is -2.08. The number of rotatable bonds is 2. The first-order valence-corrected chi connectivity index (χ1v) is 5.58. The molecule has 2 nitrogen and oxygen atoms in total. The predicted molar refractivity (Wildman–Crippen MR) is 55.9 cm³/mol. The van der Waals surface area contributed by atoms with E-state index < -0.39 is 0 Å². The highest BCUT2D eigenvalue weighted by Crippen LogP contribution is 2.14. The molecule has 4 heteroatoms. The van der Waals surface area contributed by atoms with E-state index in [-0.39, 0.29) is 5.82 Å². The fraction of sp³-hybridized carbons (Fsp3) is 0.300. The van der Waals surface area contributed by atoms with Gasteiger partial charge in [0, 0.05) is 5.39 Å². The second-order valence-corrected chi connectivity index (χ2v) is 5.43. The van der Waals surface area contributed by atoms with E-state index >= 15 is 0 Å². The van der Waals surface area contributed by atoms with Crippen molar-refractivity contribution >= 4 is 20.7 Å². The van der Waals surface area contributed by atoms with E-state index in [0.717, 1.165) is 11.0 Å². The fourth-order valence-electron chi connectivity index (χ4n) is 1.38. The Morgan fingerprint density at radius 1 is 1.50 bits per heavy atom. The standard InChI is InChI=1S/C10H11FN2Si/c1-7(2)14-13-4-3-8-5-9(11)6-12-10(8)13/h3-7H,1-2H3. The zero-order valence-corrected chi connectivity index (χ0v) is 9.16. The van der Waals surface area contributed by atoms with Crippen molar-refractivity contribution in [3.63, 3.8) is 0 Å². The SMILES string of the molecule is CC(C)[Si]n1ccc2cc(F)cnc21. The van der Waals surface area contributed by atoms with Gasteiger partial charge < -0.3 is 4.23 Å². The van der Waals surface area contributed by atoms with E-state index in [0.29, 0.717) is 15.2 Å². The molecule has 72 valence electrons. The van der Waals surface area contributed by atoms with Crippen LogP contribution in [0.2, 0.25) is 5.54 Å². The molecule has 0 aliphatic rings. The first-order chi connectivity index (χ1) is 6.66. The van der Waals surface area contributed by atoms with E-state index in [1.165, 1.54) is 12.3 Å². The Morgan fingerprint density at radius 2 is 2.29 bits per heavy atom. The first kappa shape index (κ1) is 9.39. The summed E-state index contributed by atoms with van der Waals surface area (Å²) in [6.07, 6.45) is 3.24.